The Bertz CT molecular complexity index is 1430. The Balaban J connectivity index is 2.11. The van der Waals surface area contributed by atoms with Crippen LogP contribution in [0.2, 0.25) is 0 Å². The molecule has 0 bridgehead atoms. The number of alkyl halides is 3. The summed E-state index contributed by atoms with van der Waals surface area (Å²) in [4.78, 5) is 27.9. The molecule has 1 unspecified atom stereocenters. The molecule has 7 nitrogen and oxygen atoms in total. The zero-order chi connectivity index (χ0) is 29.5. The van der Waals surface area contributed by atoms with E-state index in [1.165, 1.54) is 35.2 Å². The van der Waals surface area contributed by atoms with Crippen LogP contribution < -0.4 is 9.62 Å². The van der Waals surface area contributed by atoms with Gasteiger partial charge in [0.15, 0.2) is 0 Å². The highest BCUT2D eigenvalue weighted by molar-refractivity contribution is 7.92. The van der Waals surface area contributed by atoms with Gasteiger partial charge in [-0.25, -0.2) is 8.42 Å². The molecule has 3 aromatic rings. The number of nitrogens with zero attached hydrogens (tertiary/aromatic N) is 2. The molecule has 40 heavy (non-hydrogen) atoms. The van der Waals surface area contributed by atoms with Crippen molar-refractivity contribution in [3.8, 4) is 0 Å². The molecule has 2 amide bonds. The van der Waals surface area contributed by atoms with Gasteiger partial charge < -0.3 is 10.2 Å². The molecule has 0 radical (unpaired) electrons. The lowest BCUT2D eigenvalue weighted by atomic mass is 10.1. The molecule has 0 spiro atoms. The molecule has 0 saturated carbocycles. The average molecular weight is 576 g/mol. The van der Waals surface area contributed by atoms with Crippen LogP contribution in [0.25, 0.3) is 0 Å². The first-order valence-corrected chi connectivity index (χ1v) is 14.2. The van der Waals surface area contributed by atoms with Crippen molar-refractivity contribution in [2.75, 3.05) is 17.4 Å². The van der Waals surface area contributed by atoms with Crippen LogP contribution in [0.1, 0.15) is 37.0 Å². The first kappa shape index (κ1) is 30.7. The van der Waals surface area contributed by atoms with Crippen LogP contribution in [0.3, 0.4) is 0 Å². The van der Waals surface area contributed by atoms with E-state index < -0.39 is 46.2 Å². The van der Waals surface area contributed by atoms with E-state index >= 15 is 0 Å². The highest BCUT2D eigenvalue weighted by Gasteiger charge is 2.35. The number of sulfonamides is 1. The number of likely N-dealkylation sites (N-methyl/N-ethyl adjacent to an activating group) is 1. The lowest BCUT2D eigenvalue weighted by Crippen LogP contribution is -2.52. The van der Waals surface area contributed by atoms with Crippen LogP contribution in [0.15, 0.2) is 83.8 Å². The second-order valence-electron chi connectivity index (χ2n) is 9.20. The molecular weight excluding hydrogens is 543 g/mol. The maximum atomic E-state index is 13.9. The van der Waals surface area contributed by atoms with E-state index in [-0.39, 0.29) is 23.5 Å². The molecule has 0 saturated heterocycles. The van der Waals surface area contributed by atoms with Gasteiger partial charge in [0.1, 0.15) is 12.6 Å². The summed E-state index contributed by atoms with van der Waals surface area (Å²) in [7, 11) is -4.47. The SMILES string of the molecule is CCNC(=O)C(CC)N(Cc1cccc(C)c1)C(=O)CN(c1cccc(C(F)(F)F)c1)S(=O)(=O)c1ccccc1. The van der Waals surface area contributed by atoms with Gasteiger partial charge in [-0.1, -0.05) is 61.0 Å². The average Bonchev–Trinajstić information content (AvgIpc) is 2.91. The number of amides is 2. The molecule has 0 aliphatic rings. The summed E-state index contributed by atoms with van der Waals surface area (Å²) in [5.74, 6) is -1.15. The fourth-order valence-corrected chi connectivity index (χ4v) is 5.73. The van der Waals surface area contributed by atoms with Crippen molar-refractivity contribution in [1.29, 1.82) is 0 Å². The first-order chi connectivity index (χ1) is 18.9. The van der Waals surface area contributed by atoms with Gasteiger partial charge in [-0.2, -0.15) is 13.2 Å². The van der Waals surface area contributed by atoms with Crippen molar-refractivity contribution in [3.63, 3.8) is 0 Å². The van der Waals surface area contributed by atoms with E-state index in [0.29, 0.717) is 22.5 Å². The molecule has 0 aromatic heterocycles. The molecule has 0 fully saturated rings. The largest absolute Gasteiger partial charge is 0.416 e. The summed E-state index contributed by atoms with van der Waals surface area (Å²) >= 11 is 0. The fourth-order valence-electron chi connectivity index (χ4n) is 4.30. The molecule has 0 aliphatic heterocycles. The minimum Gasteiger partial charge on any atom is -0.355 e. The Morgan fingerprint density at radius 1 is 0.925 bits per heavy atom. The van der Waals surface area contributed by atoms with E-state index in [9.17, 15) is 31.2 Å². The van der Waals surface area contributed by atoms with Gasteiger partial charge in [0.2, 0.25) is 11.8 Å². The van der Waals surface area contributed by atoms with Crippen LogP contribution in [-0.2, 0) is 32.3 Å². The summed E-state index contributed by atoms with van der Waals surface area (Å²) in [5.41, 5.74) is 0.255. The first-order valence-electron chi connectivity index (χ1n) is 12.8. The quantitative estimate of drug-likeness (QED) is 0.343. The third-order valence-electron chi connectivity index (χ3n) is 6.24. The maximum Gasteiger partial charge on any atom is 0.416 e. The highest BCUT2D eigenvalue weighted by Crippen LogP contribution is 2.33. The van der Waals surface area contributed by atoms with Gasteiger partial charge in [0.25, 0.3) is 10.0 Å². The smallest absolute Gasteiger partial charge is 0.355 e. The van der Waals surface area contributed by atoms with Crippen LogP contribution in [-0.4, -0.2) is 44.3 Å². The molecule has 0 heterocycles. The summed E-state index contributed by atoms with van der Waals surface area (Å²) in [6.45, 7) is 4.83. The number of carbonyl (C=O) groups excluding carboxylic acids is 2. The number of halogens is 3. The van der Waals surface area contributed by atoms with Gasteiger partial charge in [0.05, 0.1) is 16.1 Å². The highest BCUT2D eigenvalue weighted by atomic mass is 32.2. The van der Waals surface area contributed by atoms with Crippen molar-refractivity contribution < 1.29 is 31.2 Å². The summed E-state index contributed by atoms with van der Waals surface area (Å²) in [5, 5.41) is 2.70. The summed E-state index contributed by atoms with van der Waals surface area (Å²) in [6.07, 6.45) is -4.50. The molecule has 11 heteroatoms. The second-order valence-corrected chi connectivity index (χ2v) is 11.1. The predicted molar refractivity (Wildman–Crippen MR) is 147 cm³/mol. The molecule has 1 atom stereocenters. The third kappa shape index (κ3) is 7.41. The van der Waals surface area contributed by atoms with E-state index in [1.54, 1.807) is 32.0 Å². The van der Waals surface area contributed by atoms with Crippen LogP contribution in [0.4, 0.5) is 18.9 Å². The molecule has 3 aromatic carbocycles. The van der Waals surface area contributed by atoms with Gasteiger partial charge in [-0.05, 0) is 56.2 Å². The van der Waals surface area contributed by atoms with E-state index in [0.717, 1.165) is 17.7 Å². The van der Waals surface area contributed by atoms with Gasteiger partial charge >= 0.3 is 6.18 Å². The van der Waals surface area contributed by atoms with Crippen LogP contribution in [0, 0.1) is 6.92 Å². The fraction of sp³-hybridized carbons (Fsp3) is 0.310. The normalized spacial score (nSPS) is 12.4. The minimum atomic E-state index is -4.73. The zero-order valence-electron chi connectivity index (χ0n) is 22.5. The Labute approximate surface area is 232 Å². The van der Waals surface area contributed by atoms with Crippen molar-refractivity contribution in [1.82, 2.24) is 10.2 Å². The Kier molecular flexibility index (Phi) is 9.97. The van der Waals surface area contributed by atoms with Crippen LogP contribution >= 0.6 is 0 Å². The number of nitrogens with one attached hydrogen (secondary N) is 1. The standard InChI is InChI=1S/C29H32F3N3O4S/c1-4-26(28(37)33-5-2)34(19-22-12-9-11-21(3)17-22)27(36)20-35(40(38,39)25-15-7-6-8-16-25)24-14-10-13-23(18-24)29(30,31)32/h6-18,26H,4-5,19-20H2,1-3H3,(H,33,37). The number of hydrogen-bond donors (Lipinski definition) is 1. The molecule has 1 N–H and O–H groups in total. The Morgan fingerprint density at radius 3 is 2.20 bits per heavy atom. The number of benzene rings is 3. The molecule has 3 rings (SSSR count). The van der Waals surface area contributed by atoms with Crippen LogP contribution in [0.5, 0.6) is 0 Å². The predicted octanol–water partition coefficient (Wildman–Crippen LogP) is 5.15. The molecule has 214 valence electrons. The van der Waals surface area contributed by atoms with Gasteiger partial charge in [0, 0.05) is 13.1 Å². The maximum absolute atomic E-state index is 13.9. The van der Waals surface area contributed by atoms with Gasteiger partial charge in [-0.15, -0.1) is 0 Å². The van der Waals surface area contributed by atoms with Crippen molar-refractivity contribution >= 4 is 27.5 Å². The zero-order valence-corrected chi connectivity index (χ0v) is 23.3. The molecular formula is C29H32F3N3O4S. The topological polar surface area (TPSA) is 86.8 Å². The summed E-state index contributed by atoms with van der Waals surface area (Å²) in [6, 6.07) is 17.3. The number of aryl methyl sites for hydroxylation is 1. The van der Waals surface area contributed by atoms with E-state index in [1.807, 2.05) is 19.1 Å². The lowest BCUT2D eigenvalue weighted by molar-refractivity contribution is -0.140. The van der Waals surface area contributed by atoms with Crippen molar-refractivity contribution in [2.24, 2.45) is 0 Å². The monoisotopic (exact) mass is 575 g/mol. The Hall–Kier alpha value is -3.86. The number of anilines is 1. The number of rotatable bonds is 11. The third-order valence-corrected chi connectivity index (χ3v) is 8.03. The molecule has 0 aliphatic carbocycles. The van der Waals surface area contributed by atoms with Crippen molar-refractivity contribution in [2.45, 2.75) is 50.9 Å². The van der Waals surface area contributed by atoms with Gasteiger partial charge in [-0.3, -0.25) is 13.9 Å². The number of carbonyl (C=O) groups is 2. The Morgan fingerprint density at radius 2 is 1.60 bits per heavy atom. The number of hydrogen-bond acceptors (Lipinski definition) is 4. The van der Waals surface area contributed by atoms with E-state index in [4.69, 9.17) is 0 Å². The summed E-state index contributed by atoms with van der Waals surface area (Å²) < 4.78 is 68.7. The minimum absolute atomic E-state index is 0.00201. The van der Waals surface area contributed by atoms with E-state index in [2.05, 4.69) is 5.32 Å². The second kappa shape index (κ2) is 13.0. The lowest BCUT2D eigenvalue weighted by Gasteiger charge is -2.33. The van der Waals surface area contributed by atoms with Crippen molar-refractivity contribution in [3.05, 3.63) is 95.6 Å².